The van der Waals surface area contributed by atoms with E-state index in [-0.39, 0.29) is 53.9 Å². The van der Waals surface area contributed by atoms with Gasteiger partial charge in [-0.3, -0.25) is 19.4 Å². The highest BCUT2D eigenvalue weighted by molar-refractivity contribution is 6.05. The van der Waals surface area contributed by atoms with Crippen LogP contribution in [0.3, 0.4) is 0 Å². The lowest BCUT2D eigenvalue weighted by Gasteiger charge is -2.41. The molecule has 11 heteroatoms. The number of aromatic amines is 2. The number of nitrogens with one attached hydrogen (secondary N) is 2. The second kappa shape index (κ2) is 17.2. The van der Waals surface area contributed by atoms with Gasteiger partial charge in [-0.05, 0) is 122 Å². The molecule has 10 nitrogen and oxygen atoms in total. The normalized spacial score (nSPS) is 23.1. The standard InChI is InChI=1S/C55H59FN8O2/c1-5-61(6-2)50(33-15-11-9-12-16-33)54(65)63-45-26-22-38(45)29-48(63)53-58-43-25-21-37-27-35(19-23-40(37)49(43)60-53)36-20-24-41(42(56)28-36)44-32-57-52(59-44)47-31-39-30-46(39)64(47)55(66)51(62(7-3)8-4)34-17-13-10-14-18-34/h9-21,23-25,27-28,32,38-39,45-48,50-51H,5-8,22,26,29-31H2,1-4H3,(H,57,59)(H,58,60)/t38-,39?,45?,46?,47+,48+,50-,51-/m1/s1. The minimum absolute atomic E-state index is 0.111. The van der Waals surface area contributed by atoms with E-state index in [2.05, 4.69) is 93.7 Å². The first-order valence-corrected chi connectivity index (χ1v) is 24.3. The van der Waals surface area contributed by atoms with E-state index in [9.17, 15) is 9.59 Å². The third kappa shape index (κ3) is 7.22. The van der Waals surface area contributed by atoms with E-state index in [0.717, 1.165) is 108 Å². The van der Waals surface area contributed by atoms with Crippen LogP contribution in [0.1, 0.15) is 107 Å². The molecule has 2 saturated carbocycles. The van der Waals surface area contributed by atoms with Crippen LogP contribution >= 0.6 is 0 Å². The largest absolute Gasteiger partial charge is 0.340 e. The topological polar surface area (TPSA) is 104 Å². The molecule has 11 rings (SSSR count). The number of carbonyl (C=O) groups excluding carboxylic acids is 2. The Morgan fingerprint density at radius 3 is 1.89 bits per heavy atom. The van der Waals surface area contributed by atoms with Gasteiger partial charge in [0, 0.05) is 23.0 Å². The average Bonchev–Trinajstić information content (AvgIpc) is 3.70. The number of carbonyl (C=O) groups is 2. The van der Waals surface area contributed by atoms with E-state index in [0.29, 0.717) is 28.9 Å². The number of imidazole rings is 2. The van der Waals surface area contributed by atoms with Crippen molar-refractivity contribution < 1.29 is 14.0 Å². The monoisotopic (exact) mass is 882 g/mol. The summed E-state index contributed by atoms with van der Waals surface area (Å²) in [6.45, 7) is 11.6. The summed E-state index contributed by atoms with van der Waals surface area (Å²) in [5, 5.41) is 2.02. The summed E-state index contributed by atoms with van der Waals surface area (Å²) in [6.07, 6.45) is 6.65. The predicted octanol–water partition coefficient (Wildman–Crippen LogP) is 10.8. The van der Waals surface area contributed by atoms with Crippen LogP contribution in [0.4, 0.5) is 4.39 Å². The molecule has 2 aliphatic heterocycles. The molecule has 0 spiro atoms. The van der Waals surface area contributed by atoms with E-state index in [4.69, 9.17) is 9.97 Å². The number of hydrogen-bond donors (Lipinski definition) is 2. The van der Waals surface area contributed by atoms with Crippen molar-refractivity contribution >= 4 is 33.6 Å². The molecular weight excluding hydrogens is 824 g/mol. The molecule has 2 aromatic heterocycles. The summed E-state index contributed by atoms with van der Waals surface area (Å²) < 4.78 is 16.2. The quantitative estimate of drug-likeness (QED) is 0.113. The third-order valence-electron chi connectivity index (χ3n) is 15.6. The lowest BCUT2D eigenvalue weighted by atomic mass is 9.80. The van der Waals surface area contributed by atoms with Gasteiger partial charge in [0.2, 0.25) is 11.8 Å². The lowest BCUT2D eigenvalue weighted by Crippen LogP contribution is -2.49. The van der Waals surface area contributed by atoms with Crippen LogP contribution in [0.5, 0.6) is 0 Å². The van der Waals surface area contributed by atoms with Gasteiger partial charge in [0.05, 0.1) is 35.0 Å². The Morgan fingerprint density at radius 1 is 0.667 bits per heavy atom. The summed E-state index contributed by atoms with van der Waals surface area (Å²) >= 11 is 0. The maximum atomic E-state index is 16.2. The molecular formula is C55H59FN8O2. The van der Waals surface area contributed by atoms with E-state index in [1.807, 2.05) is 66.7 Å². The van der Waals surface area contributed by atoms with Gasteiger partial charge in [-0.25, -0.2) is 14.4 Å². The summed E-state index contributed by atoms with van der Waals surface area (Å²) in [7, 11) is 0. The summed E-state index contributed by atoms with van der Waals surface area (Å²) in [4.78, 5) is 55.2. The molecule has 3 unspecified atom stereocenters. The van der Waals surface area contributed by atoms with Crippen LogP contribution in [0, 0.1) is 17.7 Å². The maximum Gasteiger partial charge on any atom is 0.245 e. The highest BCUT2D eigenvalue weighted by atomic mass is 19.1. The van der Waals surface area contributed by atoms with E-state index in [1.165, 1.54) is 0 Å². The first-order valence-electron chi connectivity index (χ1n) is 24.3. The zero-order valence-electron chi connectivity index (χ0n) is 38.3. The Bertz CT molecular complexity index is 2910. The van der Waals surface area contributed by atoms with Crippen LogP contribution in [0.2, 0.25) is 0 Å². The van der Waals surface area contributed by atoms with Crippen molar-refractivity contribution in [1.82, 2.24) is 39.5 Å². The van der Waals surface area contributed by atoms with Crippen molar-refractivity contribution in [2.45, 2.75) is 96.1 Å². The number of aromatic nitrogens is 4. The van der Waals surface area contributed by atoms with Crippen molar-refractivity contribution in [1.29, 1.82) is 0 Å². The number of amides is 2. The fourth-order valence-electron chi connectivity index (χ4n) is 11.9. The molecule has 0 radical (unpaired) electrons. The summed E-state index contributed by atoms with van der Waals surface area (Å²) in [5.41, 5.74) is 6.57. The Kier molecular flexibility index (Phi) is 11.1. The second-order valence-corrected chi connectivity index (χ2v) is 18.9. The molecule has 4 fully saturated rings. The number of piperidine rings is 1. The predicted molar refractivity (Wildman–Crippen MR) is 258 cm³/mol. The van der Waals surface area contributed by atoms with Crippen molar-refractivity contribution in [3.8, 4) is 22.4 Å². The Hall–Kier alpha value is -6.17. The average molecular weight is 883 g/mol. The molecule has 7 aromatic rings. The van der Waals surface area contributed by atoms with Gasteiger partial charge in [0.1, 0.15) is 29.5 Å². The fourth-order valence-corrected chi connectivity index (χ4v) is 11.9. The second-order valence-electron chi connectivity index (χ2n) is 18.9. The molecule has 2 amide bonds. The molecule has 66 heavy (non-hydrogen) atoms. The SMILES string of the molecule is CCN(CC)[C@@H](C(=O)N1C2CC2C[C@H]1c1ncc(-c2ccc(-c3ccc4c(ccc5[nH]c([C@@H]6C[C@H]7CCC7N6C(=O)[C@@H](c6ccccc6)N(CC)CC)nc54)c3)cc2F)[nH]1)c1ccccc1. The van der Waals surface area contributed by atoms with Gasteiger partial charge in [0.15, 0.2) is 0 Å². The van der Waals surface area contributed by atoms with Crippen LogP contribution in [-0.4, -0.2) is 89.6 Å². The number of H-pyrrole nitrogens is 2. The number of likely N-dealkylation sites (tertiary alicyclic amines) is 2. The lowest BCUT2D eigenvalue weighted by molar-refractivity contribution is -0.142. The zero-order valence-corrected chi connectivity index (χ0v) is 38.3. The fraction of sp³-hybridized carbons (Fsp3) is 0.382. The van der Waals surface area contributed by atoms with Crippen LogP contribution < -0.4 is 0 Å². The maximum absolute atomic E-state index is 16.2. The third-order valence-corrected chi connectivity index (χ3v) is 15.6. The molecule has 2 saturated heterocycles. The zero-order chi connectivity index (χ0) is 45.2. The number of hydrogen-bond acceptors (Lipinski definition) is 6. The van der Waals surface area contributed by atoms with Gasteiger partial charge in [-0.15, -0.1) is 0 Å². The van der Waals surface area contributed by atoms with E-state index < -0.39 is 0 Å². The van der Waals surface area contributed by atoms with Gasteiger partial charge in [0.25, 0.3) is 0 Å². The number of rotatable bonds is 14. The van der Waals surface area contributed by atoms with Gasteiger partial charge in [-0.2, -0.15) is 0 Å². The minimum atomic E-state index is -0.369. The number of halogens is 1. The first-order chi connectivity index (χ1) is 32.3. The highest BCUT2D eigenvalue weighted by Crippen LogP contribution is 2.54. The molecule has 2 N–H and O–H groups in total. The molecule has 338 valence electrons. The van der Waals surface area contributed by atoms with Crippen molar-refractivity contribution in [2.24, 2.45) is 11.8 Å². The summed E-state index contributed by atoms with van der Waals surface area (Å²) in [6, 6.07) is 35.5. The smallest absolute Gasteiger partial charge is 0.245 e. The van der Waals surface area contributed by atoms with E-state index >= 15 is 4.39 Å². The highest BCUT2D eigenvalue weighted by Gasteiger charge is 2.56. The molecule has 5 aromatic carbocycles. The number of benzene rings is 5. The molecule has 8 atom stereocenters. The van der Waals surface area contributed by atoms with Crippen LogP contribution in [-0.2, 0) is 9.59 Å². The Morgan fingerprint density at radius 2 is 1.27 bits per heavy atom. The molecule has 0 bridgehead atoms. The van der Waals surface area contributed by atoms with Crippen molar-refractivity contribution in [3.05, 3.63) is 144 Å². The van der Waals surface area contributed by atoms with Crippen molar-refractivity contribution in [2.75, 3.05) is 26.2 Å². The van der Waals surface area contributed by atoms with Crippen LogP contribution in [0.25, 0.3) is 44.2 Å². The number of fused-ring (bicyclic) bond motifs is 5. The van der Waals surface area contributed by atoms with Gasteiger partial charge < -0.3 is 19.8 Å². The number of likely N-dealkylation sites (N-methyl/N-ethyl adjacent to an activating group) is 2. The minimum Gasteiger partial charge on any atom is -0.340 e. The van der Waals surface area contributed by atoms with Gasteiger partial charge >= 0.3 is 0 Å². The number of nitrogens with zero attached hydrogens (tertiary/aromatic N) is 6. The first kappa shape index (κ1) is 42.5. The molecule has 2 aliphatic carbocycles. The van der Waals surface area contributed by atoms with Crippen LogP contribution in [0.15, 0.2) is 115 Å². The van der Waals surface area contributed by atoms with Gasteiger partial charge in [-0.1, -0.05) is 113 Å². The Balaban J connectivity index is 0.843. The Labute approximate surface area is 386 Å². The summed E-state index contributed by atoms with van der Waals surface area (Å²) in [5.74, 6) is 2.42. The molecule has 4 aliphatic rings. The van der Waals surface area contributed by atoms with Crippen molar-refractivity contribution in [3.63, 3.8) is 0 Å². The molecule has 4 heterocycles. The van der Waals surface area contributed by atoms with E-state index in [1.54, 1.807) is 12.3 Å².